The number of carbonyl (C=O) groups excluding carboxylic acids is 1. The third kappa shape index (κ3) is 8.54. The van der Waals surface area contributed by atoms with Gasteiger partial charge in [-0.1, -0.05) is 81.5 Å². The molecule has 0 bridgehead atoms. The highest BCUT2D eigenvalue weighted by atomic mass is 35.5. The Kier molecular flexibility index (Phi) is 11.9. The minimum absolute atomic E-state index is 0.0913. The Morgan fingerprint density at radius 3 is 2.34 bits per heavy atom. The van der Waals surface area contributed by atoms with Crippen LogP contribution in [0.1, 0.15) is 64.9 Å². The molecule has 0 unspecified atom stereocenters. The molecule has 3 aromatic rings. The molecule has 13 heteroatoms. The summed E-state index contributed by atoms with van der Waals surface area (Å²) in [7, 11) is -2.77. The number of ether oxygens (including phenoxy) is 4. The van der Waals surface area contributed by atoms with Crippen LogP contribution in [0.2, 0.25) is 42.3 Å². The Morgan fingerprint density at radius 1 is 1.04 bits per heavy atom. The molecule has 0 spiro atoms. The van der Waals surface area contributed by atoms with Gasteiger partial charge >= 0.3 is 6.01 Å². The molecule has 2 saturated heterocycles. The molecule has 1 aromatic carbocycles. The van der Waals surface area contributed by atoms with Crippen molar-refractivity contribution in [3.63, 3.8) is 0 Å². The number of rotatable bonds is 12. The average molecular weight is 761 g/mol. The Morgan fingerprint density at radius 2 is 1.70 bits per heavy atom. The van der Waals surface area contributed by atoms with Crippen molar-refractivity contribution in [1.29, 1.82) is 0 Å². The lowest BCUT2D eigenvalue weighted by molar-refractivity contribution is -0.109. The maximum absolute atomic E-state index is 11.6. The highest BCUT2D eigenvalue weighted by Gasteiger charge is 2.52. The van der Waals surface area contributed by atoms with E-state index in [4.69, 9.17) is 44.9 Å². The largest absolute Gasteiger partial charge is 0.456 e. The zero-order valence-corrected chi connectivity index (χ0v) is 34.6. The fourth-order valence-corrected chi connectivity index (χ4v) is 10.1. The summed E-state index contributed by atoms with van der Waals surface area (Å²) in [5.41, 5.74) is 4.28. The van der Waals surface area contributed by atoms with Crippen molar-refractivity contribution in [2.45, 2.75) is 133 Å². The lowest BCUT2D eigenvalue weighted by atomic mass is 9.83. The summed E-state index contributed by atoms with van der Waals surface area (Å²) in [4.78, 5) is 21.5. The van der Waals surface area contributed by atoms with E-state index in [1.165, 1.54) is 17.3 Å². The molecule has 9 nitrogen and oxygen atoms in total. The first kappa shape index (κ1) is 38.0. The van der Waals surface area contributed by atoms with E-state index in [1.807, 2.05) is 10.6 Å². The second-order valence-electron chi connectivity index (χ2n) is 16.1. The SMILES string of the molecule is CC(=O)S[C@H]1CC[C@@H](c2ccc(-c3nc4c(cc3Cl)nc(O[C@@H]3CO[C@H]5[C@@H]3OC[C@H]5O[Si](C)(C)C(C)(C)C)n4COCC[SiH](C)C)cc2)CC1. The number of benzene rings is 1. The van der Waals surface area contributed by atoms with Crippen LogP contribution in [0.25, 0.3) is 22.4 Å². The fourth-order valence-electron chi connectivity index (χ4n) is 6.87. The lowest BCUT2D eigenvalue weighted by Gasteiger charge is -2.39. The third-order valence-electron chi connectivity index (χ3n) is 10.8. The van der Waals surface area contributed by atoms with Crippen molar-refractivity contribution in [3.8, 4) is 17.3 Å². The summed E-state index contributed by atoms with van der Waals surface area (Å²) >= 11 is 8.39. The third-order valence-corrected chi connectivity index (χ3v) is 18.2. The normalized spacial score (nSPS) is 25.8. The van der Waals surface area contributed by atoms with E-state index in [1.54, 1.807) is 6.92 Å². The monoisotopic (exact) mass is 759 g/mol. The summed E-state index contributed by atoms with van der Waals surface area (Å²) < 4.78 is 34.0. The summed E-state index contributed by atoms with van der Waals surface area (Å²) in [5.74, 6) is 0.503. The molecule has 2 aromatic heterocycles. The zero-order chi connectivity index (χ0) is 35.8. The van der Waals surface area contributed by atoms with E-state index in [-0.39, 0.29) is 41.3 Å². The number of pyridine rings is 1. The van der Waals surface area contributed by atoms with Gasteiger partial charge in [-0.3, -0.25) is 9.36 Å². The molecule has 0 N–H and O–H groups in total. The topological polar surface area (TPSA) is 93.9 Å². The van der Waals surface area contributed by atoms with Gasteiger partial charge in [0.05, 0.1) is 30.0 Å². The predicted molar refractivity (Wildman–Crippen MR) is 207 cm³/mol. The van der Waals surface area contributed by atoms with Gasteiger partial charge in [-0.05, 0) is 67.4 Å². The molecule has 6 rings (SSSR count). The van der Waals surface area contributed by atoms with Crippen LogP contribution in [0.5, 0.6) is 6.01 Å². The van der Waals surface area contributed by atoms with Crippen LogP contribution in [0.15, 0.2) is 30.3 Å². The summed E-state index contributed by atoms with van der Waals surface area (Å²) in [6, 6.07) is 12.0. The van der Waals surface area contributed by atoms with Crippen molar-refractivity contribution in [1.82, 2.24) is 14.5 Å². The molecule has 4 heterocycles. The number of aromatic nitrogens is 3. The minimum atomic E-state index is -2.01. The van der Waals surface area contributed by atoms with E-state index >= 15 is 0 Å². The molecule has 0 amide bonds. The van der Waals surface area contributed by atoms with Crippen LogP contribution < -0.4 is 4.74 Å². The first-order valence-corrected chi connectivity index (χ1v) is 25.5. The second-order valence-corrected chi connectivity index (χ2v) is 26.1. The van der Waals surface area contributed by atoms with Gasteiger partial charge in [-0.2, -0.15) is 4.98 Å². The summed E-state index contributed by atoms with van der Waals surface area (Å²) in [6.45, 7) is 19.4. The number of nitrogens with zero attached hydrogens (tertiary/aromatic N) is 3. The van der Waals surface area contributed by atoms with E-state index in [0.717, 1.165) is 37.3 Å². The summed E-state index contributed by atoms with van der Waals surface area (Å²) in [6.07, 6.45) is 3.44. The average Bonchev–Trinajstić information content (AvgIpc) is 3.73. The molecule has 1 saturated carbocycles. The predicted octanol–water partition coefficient (Wildman–Crippen LogP) is 8.45. The molecular weight excluding hydrogens is 706 g/mol. The number of fused-ring (bicyclic) bond motifs is 2. The maximum atomic E-state index is 11.6. The van der Waals surface area contributed by atoms with Crippen molar-refractivity contribution >= 4 is 56.8 Å². The second kappa shape index (κ2) is 15.7. The molecule has 274 valence electrons. The van der Waals surface area contributed by atoms with Gasteiger partial charge in [-0.15, -0.1) is 0 Å². The van der Waals surface area contributed by atoms with E-state index in [0.29, 0.717) is 58.9 Å². The fraction of sp³-hybridized carbons (Fsp3) is 0.649. The first-order chi connectivity index (χ1) is 23.7. The van der Waals surface area contributed by atoms with Gasteiger partial charge in [0.2, 0.25) is 0 Å². The molecule has 1 aliphatic carbocycles. The van der Waals surface area contributed by atoms with Crippen LogP contribution in [0, 0.1) is 0 Å². The molecule has 3 aliphatic rings. The van der Waals surface area contributed by atoms with Crippen molar-refractivity contribution < 1.29 is 28.2 Å². The van der Waals surface area contributed by atoms with Crippen molar-refractivity contribution in [3.05, 3.63) is 40.9 Å². The van der Waals surface area contributed by atoms with Gasteiger partial charge in [-0.25, -0.2) is 4.98 Å². The number of imidazole rings is 1. The smallest absolute Gasteiger partial charge is 0.301 e. The Balaban J connectivity index is 1.21. The molecule has 2 aliphatic heterocycles. The minimum Gasteiger partial charge on any atom is -0.456 e. The van der Waals surface area contributed by atoms with Crippen LogP contribution >= 0.6 is 23.4 Å². The number of carbonyl (C=O) groups is 1. The van der Waals surface area contributed by atoms with Crippen LogP contribution in [-0.2, 0) is 30.2 Å². The quantitative estimate of drug-likeness (QED) is 0.133. The lowest BCUT2D eigenvalue weighted by Crippen LogP contribution is -2.47. The summed E-state index contributed by atoms with van der Waals surface area (Å²) in [5, 5.41) is 1.28. The van der Waals surface area contributed by atoms with Gasteiger partial charge in [0, 0.05) is 33.1 Å². The van der Waals surface area contributed by atoms with Crippen LogP contribution in [0.3, 0.4) is 0 Å². The van der Waals surface area contributed by atoms with Gasteiger partial charge in [0.15, 0.2) is 25.2 Å². The van der Waals surface area contributed by atoms with Gasteiger partial charge in [0.1, 0.15) is 24.5 Å². The highest BCUT2D eigenvalue weighted by Crippen LogP contribution is 2.42. The first-order valence-electron chi connectivity index (χ1n) is 18.2. The van der Waals surface area contributed by atoms with E-state index < -0.39 is 17.1 Å². The molecular formula is C37H54ClN3O6SSi2. The highest BCUT2D eigenvalue weighted by molar-refractivity contribution is 8.14. The van der Waals surface area contributed by atoms with Gasteiger partial charge in [0.25, 0.3) is 0 Å². The number of hydrogen-bond acceptors (Lipinski definition) is 9. The number of thioether (sulfide) groups is 1. The van der Waals surface area contributed by atoms with E-state index in [9.17, 15) is 4.79 Å². The number of halogens is 1. The molecule has 4 atom stereocenters. The zero-order valence-electron chi connectivity index (χ0n) is 30.9. The number of hydrogen-bond donors (Lipinski definition) is 0. The Labute approximate surface area is 309 Å². The van der Waals surface area contributed by atoms with Gasteiger partial charge < -0.3 is 23.4 Å². The molecule has 3 fully saturated rings. The standard InChI is InChI=1S/C37H54ClN3O6SSi2/c1-23(42)48-27-15-13-25(14-16-27)24-9-11-26(12-10-24)32-28(38)19-29-35(40-32)41(22-43-17-18-49(5)6)36(39-29)46-30-20-44-34-31(21-45-33(30)34)47-50(7,8)37(2,3)4/h9-12,19,25,27,30-31,33-34,49H,13-18,20-22H2,1-8H3/t25-,27+,30-,31-,33-,34-/m1/s1. The Hall–Kier alpha value is -1.78. The van der Waals surface area contributed by atoms with Crippen molar-refractivity contribution in [2.24, 2.45) is 0 Å². The maximum Gasteiger partial charge on any atom is 0.301 e. The van der Waals surface area contributed by atoms with Crippen molar-refractivity contribution in [2.75, 3.05) is 19.8 Å². The van der Waals surface area contributed by atoms with Crippen LogP contribution in [-0.4, -0.2) is 86.3 Å². The Bertz CT molecular complexity index is 1640. The van der Waals surface area contributed by atoms with Crippen LogP contribution in [0.4, 0.5) is 0 Å². The molecule has 50 heavy (non-hydrogen) atoms. The van der Waals surface area contributed by atoms with E-state index in [2.05, 4.69) is 71.2 Å². The molecule has 0 radical (unpaired) electrons.